The number of esters is 1. The van der Waals surface area contributed by atoms with Crippen LogP contribution in [-0.4, -0.2) is 22.1 Å². The molecule has 1 aromatic heterocycles. The van der Waals surface area contributed by atoms with Gasteiger partial charge in [-0.3, -0.25) is 4.79 Å². The number of nitrogens with one attached hydrogen (secondary N) is 1. The third-order valence-electron chi connectivity index (χ3n) is 1.91. The summed E-state index contributed by atoms with van der Waals surface area (Å²) in [5.41, 5.74) is 1.02. The molecule has 0 bridgehead atoms. The minimum Gasteiger partial charge on any atom is -0.465 e. The molecule has 5 heteroatoms. The van der Waals surface area contributed by atoms with Gasteiger partial charge in [-0.15, -0.1) is 0 Å². The lowest BCUT2D eigenvalue weighted by molar-refractivity contribution is -0.143. The van der Waals surface area contributed by atoms with Crippen LogP contribution in [0.3, 0.4) is 0 Å². The monoisotopic (exact) mass is 214 g/mol. The van der Waals surface area contributed by atoms with Crippen molar-refractivity contribution in [1.29, 1.82) is 0 Å². The van der Waals surface area contributed by atoms with Crippen LogP contribution in [0.5, 0.6) is 0 Å². The third-order valence-corrected chi connectivity index (χ3v) is 2.25. The van der Waals surface area contributed by atoms with Gasteiger partial charge in [0.2, 0.25) is 0 Å². The average molecular weight is 214 g/mol. The molecule has 0 aliphatic carbocycles. The van der Waals surface area contributed by atoms with Crippen molar-refractivity contribution < 1.29 is 9.53 Å². The second kappa shape index (κ2) is 4.95. The Balaban J connectivity index is 2.79. The van der Waals surface area contributed by atoms with Gasteiger partial charge in [0.25, 0.3) is 0 Å². The van der Waals surface area contributed by atoms with Gasteiger partial charge in [0, 0.05) is 11.9 Å². The van der Waals surface area contributed by atoms with E-state index in [4.69, 9.17) is 17.0 Å². The molecule has 4 nitrogen and oxygen atoms in total. The van der Waals surface area contributed by atoms with E-state index in [2.05, 4.69) is 4.98 Å². The first-order chi connectivity index (χ1) is 6.69. The second-order valence-electron chi connectivity index (χ2n) is 2.83. The Morgan fingerprint density at radius 1 is 1.64 bits per heavy atom. The molecule has 0 aliphatic rings. The van der Waals surface area contributed by atoms with E-state index in [-0.39, 0.29) is 12.5 Å². The summed E-state index contributed by atoms with van der Waals surface area (Å²) < 4.78 is 7.17. The fourth-order valence-corrected chi connectivity index (χ4v) is 1.47. The Labute approximate surface area is 87.9 Å². The molecular weight excluding hydrogens is 200 g/mol. The minimum absolute atomic E-state index is 0.194. The minimum atomic E-state index is -0.252. The molecule has 14 heavy (non-hydrogen) atoms. The van der Waals surface area contributed by atoms with Crippen molar-refractivity contribution in [2.24, 2.45) is 0 Å². The number of aryl methyl sites for hydroxylation is 1. The zero-order chi connectivity index (χ0) is 10.6. The molecule has 0 amide bonds. The summed E-state index contributed by atoms with van der Waals surface area (Å²) in [5.74, 6) is -0.252. The summed E-state index contributed by atoms with van der Waals surface area (Å²) in [6.45, 7) is 4.39. The van der Waals surface area contributed by atoms with Gasteiger partial charge in [-0.25, -0.2) is 0 Å². The predicted octanol–water partition coefficient (Wildman–Crippen LogP) is 1.67. The highest BCUT2D eigenvalue weighted by Crippen LogP contribution is 2.02. The largest absolute Gasteiger partial charge is 0.465 e. The van der Waals surface area contributed by atoms with Crippen LogP contribution in [0, 0.1) is 4.77 Å². The van der Waals surface area contributed by atoms with E-state index in [9.17, 15) is 4.79 Å². The molecule has 1 rings (SSSR count). The average Bonchev–Trinajstić information content (AvgIpc) is 2.48. The van der Waals surface area contributed by atoms with E-state index in [1.54, 1.807) is 11.5 Å². The van der Waals surface area contributed by atoms with E-state index >= 15 is 0 Å². The van der Waals surface area contributed by atoms with Gasteiger partial charge in [-0.05, 0) is 25.6 Å². The predicted molar refractivity (Wildman–Crippen MR) is 55.6 cm³/mol. The van der Waals surface area contributed by atoms with Crippen LogP contribution < -0.4 is 0 Å². The van der Waals surface area contributed by atoms with Crippen LogP contribution >= 0.6 is 12.2 Å². The van der Waals surface area contributed by atoms with Crippen LogP contribution in [0.4, 0.5) is 0 Å². The first kappa shape index (κ1) is 11.0. The normalized spacial score (nSPS) is 10.1. The third kappa shape index (κ3) is 2.45. The lowest BCUT2D eigenvalue weighted by atomic mass is 10.3. The number of aromatic amines is 1. The summed E-state index contributed by atoms with van der Waals surface area (Å²) in [6.07, 6.45) is 2.66. The summed E-state index contributed by atoms with van der Waals surface area (Å²) in [4.78, 5) is 14.1. The summed E-state index contributed by atoms with van der Waals surface area (Å²) in [7, 11) is 0. The Morgan fingerprint density at radius 2 is 2.36 bits per heavy atom. The number of aromatic nitrogens is 2. The van der Waals surface area contributed by atoms with Crippen molar-refractivity contribution >= 4 is 18.2 Å². The Hall–Kier alpha value is -1.10. The topological polar surface area (TPSA) is 47.0 Å². The number of hydrogen-bond acceptors (Lipinski definition) is 3. The Kier molecular flexibility index (Phi) is 3.88. The number of carbonyl (C=O) groups is 1. The van der Waals surface area contributed by atoms with Crippen molar-refractivity contribution in [2.45, 2.75) is 26.8 Å². The molecule has 0 spiro atoms. The van der Waals surface area contributed by atoms with Crippen molar-refractivity contribution in [2.75, 3.05) is 6.61 Å². The summed E-state index contributed by atoms with van der Waals surface area (Å²) in [5, 5.41) is 0. The molecule has 0 radical (unpaired) electrons. The maximum atomic E-state index is 11.2. The summed E-state index contributed by atoms with van der Waals surface area (Å²) in [6, 6.07) is 0. The van der Waals surface area contributed by atoms with Gasteiger partial charge in [0.1, 0.15) is 6.54 Å². The van der Waals surface area contributed by atoms with Crippen molar-refractivity contribution in [3.05, 3.63) is 16.7 Å². The van der Waals surface area contributed by atoms with Crippen molar-refractivity contribution in [3.8, 4) is 0 Å². The van der Waals surface area contributed by atoms with E-state index in [0.29, 0.717) is 11.4 Å². The quantitative estimate of drug-likeness (QED) is 0.612. The highest BCUT2D eigenvalue weighted by molar-refractivity contribution is 7.71. The number of rotatable bonds is 4. The molecule has 0 saturated carbocycles. The maximum Gasteiger partial charge on any atom is 0.326 e. The van der Waals surface area contributed by atoms with Crippen molar-refractivity contribution in [3.63, 3.8) is 0 Å². The maximum absolute atomic E-state index is 11.2. The molecule has 0 atom stereocenters. The number of imidazole rings is 1. The van der Waals surface area contributed by atoms with Gasteiger partial charge >= 0.3 is 5.97 Å². The fraction of sp³-hybridized carbons (Fsp3) is 0.556. The van der Waals surface area contributed by atoms with Gasteiger partial charge in [-0.1, -0.05) is 6.92 Å². The Bertz CT molecular complexity index is 367. The molecule has 1 N–H and O–H groups in total. The summed E-state index contributed by atoms with van der Waals surface area (Å²) >= 11 is 5.04. The van der Waals surface area contributed by atoms with Crippen LogP contribution in [0.2, 0.25) is 0 Å². The first-order valence-electron chi connectivity index (χ1n) is 4.61. The highest BCUT2D eigenvalue weighted by Gasteiger charge is 2.07. The zero-order valence-electron chi connectivity index (χ0n) is 8.37. The Morgan fingerprint density at radius 3 is 2.93 bits per heavy atom. The standard InChI is InChI=1S/C9H14N2O2S/c1-3-7-5-10-9(14)11(7)6-8(12)13-4-2/h5H,3-4,6H2,1-2H3,(H,10,14). The van der Waals surface area contributed by atoms with Crippen LogP contribution in [0.1, 0.15) is 19.5 Å². The van der Waals surface area contributed by atoms with Gasteiger partial charge < -0.3 is 14.3 Å². The van der Waals surface area contributed by atoms with Crippen LogP contribution in [0.15, 0.2) is 6.20 Å². The smallest absolute Gasteiger partial charge is 0.326 e. The molecule has 0 fully saturated rings. The molecule has 0 aliphatic heterocycles. The first-order valence-corrected chi connectivity index (χ1v) is 5.02. The van der Waals surface area contributed by atoms with E-state index in [1.807, 2.05) is 13.1 Å². The fourth-order valence-electron chi connectivity index (χ4n) is 1.23. The van der Waals surface area contributed by atoms with Crippen LogP contribution in [-0.2, 0) is 22.5 Å². The lowest BCUT2D eigenvalue weighted by Crippen LogP contribution is -2.15. The van der Waals surface area contributed by atoms with E-state index in [1.165, 1.54) is 0 Å². The van der Waals surface area contributed by atoms with E-state index in [0.717, 1.165) is 12.1 Å². The van der Waals surface area contributed by atoms with Gasteiger partial charge in [0.15, 0.2) is 4.77 Å². The molecule has 1 aromatic rings. The molecule has 0 aromatic carbocycles. The second-order valence-corrected chi connectivity index (χ2v) is 3.22. The van der Waals surface area contributed by atoms with Gasteiger partial charge in [-0.2, -0.15) is 0 Å². The van der Waals surface area contributed by atoms with Crippen molar-refractivity contribution in [1.82, 2.24) is 9.55 Å². The van der Waals surface area contributed by atoms with Crippen LogP contribution in [0.25, 0.3) is 0 Å². The number of carbonyl (C=O) groups excluding carboxylic acids is 1. The highest BCUT2D eigenvalue weighted by atomic mass is 32.1. The molecule has 1 heterocycles. The molecular formula is C9H14N2O2S. The zero-order valence-corrected chi connectivity index (χ0v) is 9.19. The number of ether oxygens (including phenoxy) is 1. The number of nitrogens with zero attached hydrogens (tertiary/aromatic N) is 1. The number of hydrogen-bond donors (Lipinski definition) is 1. The molecule has 0 unspecified atom stereocenters. The van der Waals surface area contributed by atoms with Gasteiger partial charge in [0.05, 0.1) is 6.61 Å². The molecule has 0 saturated heterocycles. The number of H-pyrrole nitrogens is 1. The lowest BCUT2D eigenvalue weighted by Gasteiger charge is -2.05. The SMILES string of the molecule is CCOC(=O)Cn1c(CC)c[nH]c1=S. The molecule has 78 valence electrons. The van der Waals surface area contributed by atoms with E-state index < -0.39 is 0 Å².